The minimum Gasteiger partial charge on any atom is -0.497 e. The van der Waals surface area contributed by atoms with E-state index in [0.717, 1.165) is 0 Å². The molecule has 0 spiro atoms. The summed E-state index contributed by atoms with van der Waals surface area (Å²) < 4.78 is 10.4. The van der Waals surface area contributed by atoms with E-state index in [4.69, 9.17) is 9.47 Å². The number of esters is 1. The highest BCUT2D eigenvalue weighted by Gasteiger charge is 2.23. The molecule has 2 aromatic carbocycles. The van der Waals surface area contributed by atoms with Gasteiger partial charge in [-0.1, -0.05) is 24.3 Å². The molecule has 3 aromatic rings. The number of hydrogen-bond acceptors (Lipinski definition) is 6. The van der Waals surface area contributed by atoms with Crippen LogP contribution in [0.3, 0.4) is 0 Å². The molecule has 148 valence electrons. The van der Waals surface area contributed by atoms with Crippen LogP contribution < -0.4 is 10.1 Å². The van der Waals surface area contributed by atoms with Gasteiger partial charge in [-0.05, 0) is 48.7 Å². The van der Waals surface area contributed by atoms with Gasteiger partial charge in [0.15, 0.2) is 6.10 Å². The molecule has 0 unspecified atom stereocenters. The predicted octanol–water partition coefficient (Wildman–Crippen LogP) is 4.17. The zero-order valence-corrected chi connectivity index (χ0v) is 16.7. The first-order valence-corrected chi connectivity index (χ1v) is 9.70. The first kappa shape index (κ1) is 20.3. The molecule has 0 aliphatic rings. The molecule has 1 amide bonds. The number of amides is 1. The van der Waals surface area contributed by atoms with Crippen molar-refractivity contribution in [1.29, 1.82) is 0 Å². The summed E-state index contributed by atoms with van der Waals surface area (Å²) in [6, 6.07) is 16.6. The Balaban J connectivity index is 1.69. The van der Waals surface area contributed by atoms with Crippen LogP contribution in [0, 0.1) is 0 Å². The molecule has 0 saturated carbocycles. The van der Waals surface area contributed by atoms with Gasteiger partial charge < -0.3 is 14.8 Å². The average molecular weight is 409 g/mol. The Labute approximate surface area is 172 Å². The molecular weight excluding hydrogens is 390 g/mol. The van der Waals surface area contributed by atoms with E-state index in [-0.39, 0.29) is 16.9 Å². The number of hydrogen-bond donors (Lipinski definition) is 1. The fourth-order valence-corrected chi connectivity index (χ4v) is 3.27. The van der Waals surface area contributed by atoms with Crippen molar-refractivity contribution in [2.75, 3.05) is 12.4 Å². The van der Waals surface area contributed by atoms with Crippen LogP contribution in [-0.2, 0) is 9.53 Å². The molecule has 0 aliphatic carbocycles. The molecule has 1 N–H and O–H groups in total. The Morgan fingerprint density at radius 2 is 1.62 bits per heavy atom. The quantitative estimate of drug-likeness (QED) is 0.468. The van der Waals surface area contributed by atoms with Crippen LogP contribution in [0.25, 0.3) is 0 Å². The lowest BCUT2D eigenvalue weighted by molar-refractivity contribution is -0.123. The van der Waals surface area contributed by atoms with E-state index >= 15 is 0 Å². The number of nitrogens with one attached hydrogen (secondary N) is 1. The Morgan fingerprint density at radius 3 is 2.24 bits per heavy atom. The summed E-state index contributed by atoms with van der Waals surface area (Å²) in [6.07, 6.45) is -1.05. The zero-order valence-electron chi connectivity index (χ0n) is 15.9. The van der Waals surface area contributed by atoms with E-state index in [0.29, 0.717) is 16.3 Å². The monoisotopic (exact) mass is 409 g/mol. The lowest BCUT2D eigenvalue weighted by atomic mass is 10.0. The average Bonchev–Trinajstić information content (AvgIpc) is 3.28. The van der Waals surface area contributed by atoms with Gasteiger partial charge in [0.1, 0.15) is 5.75 Å². The van der Waals surface area contributed by atoms with Crippen molar-refractivity contribution in [3.05, 3.63) is 82.0 Å². The molecule has 0 aliphatic heterocycles. The van der Waals surface area contributed by atoms with E-state index in [1.807, 2.05) is 0 Å². The van der Waals surface area contributed by atoms with Crippen molar-refractivity contribution >= 4 is 34.7 Å². The van der Waals surface area contributed by atoms with E-state index in [9.17, 15) is 14.4 Å². The van der Waals surface area contributed by atoms with E-state index in [1.54, 1.807) is 67.1 Å². The molecule has 3 rings (SSSR count). The lowest BCUT2D eigenvalue weighted by Gasteiger charge is -2.15. The number of thiophene rings is 1. The van der Waals surface area contributed by atoms with Crippen molar-refractivity contribution < 1.29 is 23.9 Å². The Hall–Kier alpha value is -3.45. The topological polar surface area (TPSA) is 81.7 Å². The normalized spacial score (nSPS) is 11.4. The first-order valence-electron chi connectivity index (χ1n) is 8.82. The van der Waals surface area contributed by atoms with Gasteiger partial charge in [0.25, 0.3) is 5.91 Å². The fraction of sp³-hybridized carbons (Fsp3) is 0.136. The third-order valence-electron chi connectivity index (χ3n) is 4.15. The van der Waals surface area contributed by atoms with Gasteiger partial charge in [-0.15, -0.1) is 11.3 Å². The summed E-state index contributed by atoms with van der Waals surface area (Å²) in [6.45, 7) is 1.47. The number of ketones is 1. The second kappa shape index (κ2) is 9.16. The van der Waals surface area contributed by atoms with Crippen molar-refractivity contribution in [3.63, 3.8) is 0 Å². The minimum atomic E-state index is -1.05. The fourth-order valence-electron chi connectivity index (χ4n) is 2.60. The van der Waals surface area contributed by atoms with E-state index in [2.05, 4.69) is 5.32 Å². The molecule has 6 nitrogen and oxygen atoms in total. The zero-order chi connectivity index (χ0) is 20.8. The summed E-state index contributed by atoms with van der Waals surface area (Å²) in [4.78, 5) is 38.2. The Kier molecular flexibility index (Phi) is 6.41. The standard InChI is InChI=1S/C22H19NO5S/c1-14(21(25)23-15-9-11-16(27-2)12-10-15)28-22(26)18-7-4-3-6-17(18)20(24)19-8-5-13-29-19/h3-14H,1-2H3,(H,23,25)/t14-/m0/s1. The molecule has 7 heteroatoms. The summed E-state index contributed by atoms with van der Waals surface area (Å²) in [5, 5.41) is 4.46. The van der Waals surface area contributed by atoms with Crippen molar-refractivity contribution in [2.45, 2.75) is 13.0 Å². The van der Waals surface area contributed by atoms with Gasteiger partial charge in [-0.3, -0.25) is 9.59 Å². The Morgan fingerprint density at radius 1 is 0.931 bits per heavy atom. The van der Waals surface area contributed by atoms with Gasteiger partial charge in [0.05, 0.1) is 17.6 Å². The highest BCUT2D eigenvalue weighted by molar-refractivity contribution is 7.12. The van der Waals surface area contributed by atoms with Crippen LogP contribution in [0.2, 0.25) is 0 Å². The second-order valence-electron chi connectivity index (χ2n) is 6.12. The molecule has 1 aromatic heterocycles. The number of methoxy groups -OCH3 is 1. The maximum absolute atomic E-state index is 12.7. The first-order chi connectivity index (χ1) is 14.0. The third kappa shape index (κ3) is 4.89. The van der Waals surface area contributed by atoms with Crippen LogP contribution >= 0.6 is 11.3 Å². The van der Waals surface area contributed by atoms with Gasteiger partial charge in [-0.25, -0.2) is 4.79 Å². The van der Waals surface area contributed by atoms with Gasteiger partial charge in [0, 0.05) is 11.3 Å². The van der Waals surface area contributed by atoms with Crippen molar-refractivity contribution in [2.24, 2.45) is 0 Å². The summed E-state index contributed by atoms with van der Waals surface area (Å²) in [7, 11) is 1.55. The number of anilines is 1. The molecule has 0 radical (unpaired) electrons. The van der Waals surface area contributed by atoms with Crippen LogP contribution in [0.1, 0.15) is 32.5 Å². The number of carbonyl (C=O) groups excluding carboxylic acids is 3. The number of ether oxygens (including phenoxy) is 2. The van der Waals surface area contributed by atoms with Gasteiger partial charge >= 0.3 is 5.97 Å². The van der Waals surface area contributed by atoms with Gasteiger partial charge in [0.2, 0.25) is 5.78 Å². The van der Waals surface area contributed by atoms with E-state index in [1.165, 1.54) is 24.3 Å². The maximum Gasteiger partial charge on any atom is 0.339 e. The molecule has 0 saturated heterocycles. The predicted molar refractivity (Wildman–Crippen MR) is 111 cm³/mol. The Bertz CT molecular complexity index is 1010. The van der Waals surface area contributed by atoms with Crippen LogP contribution in [0.5, 0.6) is 5.75 Å². The molecule has 29 heavy (non-hydrogen) atoms. The highest BCUT2D eigenvalue weighted by Crippen LogP contribution is 2.20. The second-order valence-corrected chi connectivity index (χ2v) is 7.06. The van der Waals surface area contributed by atoms with Crippen molar-refractivity contribution in [3.8, 4) is 5.75 Å². The maximum atomic E-state index is 12.7. The highest BCUT2D eigenvalue weighted by atomic mass is 32.1. The van der Waals surface area contributed by atoms with Crippen molar-refractivity contribution in [1.82, 2.24) is 0 Å². The number of carbonyl (C=O) groups is 3. The molecule has 1 atom stereocenters. The molecule has 1 heterocycles. The number of benzene rings is 2. The minimum absolute atomic E-state index is 0.120. The summed E-state index contributed by atoms with van der Waals surface area (Å²) >= 11 is 1.29. The van der Waals surface area contributed by atoms with Crippen LogP contribution in [0.4, 0.5) is 5.69 Å². The third-order valence-corrected chi connectivity index (χ3v) is 5.02. The summed E-state index contributed by atoms with van der Waals surface area (Å²) in [5.41, 5.74) is 0.907. The SMILES string of the molecule is COc1ccc(NC(=O)[C@H](C)OC(=O)c2ccccc2C(=O)c2cccs2)cc1. The smallest absolute Gasteiger partial charge is 0.339 e. The molecule has 0 bridgehead atoms. The largest absolute Gasteiger partial charge is 0.497 e. The van der Waals surface area contributed by atoms with Gasteiger partial charge in [-0.2, -0.15) is 0 Å². The molecule has 0 fully saturated rings. The van der Waals surface area contributed by atoms with Crippen LogP contribution in [-0.4, -0.2) is 30.9 Å². The number of rotatable bonds is 7. The lowest BCUT2D eigenvalue weighted by Crippen LogP contribution is -2.30. The summed E-state index contributed by atoms with van der Waals surface area (Å²) in [5.74, 6) is -0.814. The molecular formula is C22H19NO5S. The van der Waals surface area contributed by atoms with E-state index < -0.39 is 18.0 Å². The van der Waals surface area contributed by atoms with Crippen LogP contribution in [0.15, 0.2) is 66.0 Å².